The lowest BCUT2D eigenvalue weighted by molar-refractivity contribution is -0.170. The number of benzene rings is 2. The number of thioether (sulfide) groups is 1. The summed E-state index contributed by atoms with van der Waals surface area (Å²) in [5, 5.41) is 7.03. The molecule has 0 bridgehead atoms. The number of nitrogens with zero attached hydrogens (tertiary/aromatic N) is 4. The van der Waals surface area contributed by atoms with Gasteiger partial charge in [0.1, 0.15) is 12.7 Å². The molecule has 0 unspecified atom stereocenters. The summed E-state index contributed by atoms with van der Waals surface area (Å²) in [5.41, 5.74) is 2.12. The van der Waals surface area contributed by atoms with E-state index in [0.717, 1.165) is 22.8 Å². The fraction of sp³-hybridized carbons (Fsp3) is 0.333. The van der Waals surface area contributed by atoms with Gasteiger partial charge in [-0.3, -0.25) is 9.52 Å². The van der Waals surface area contributed by atoms with Crippen molar-refractivity contribution in [2.75, 3.05) is 12.8 Å². The van der Waals surface area contributed by atoms with Gasteiger partial charge in [0.25, 0.3) is 0 Å². The molecule has 0 N–H and O–H groups in total. The standard InChI is InChI=1S/C21H23ClN4OS/c1-16-3-9-20(10-4-16)28-12-19-11-21(25(2)27-19,13-26-15-23-14-24-26)17-5-7-18(22)8-6-17/h3-10,14-15,19H,11-13H2,1-2H3/t19-,21+/m0/s1. The van der Waals surface area contributed by atoms with Crippen molar-refractivity contribution in [3.8, 4) is 0 Å². The van der Waals surface area contributed by atoms with Crippen molar-refractivity contribution in [3.63, 3.8) is 0 Å². The van der Waals surface area contributed by atoms with Gasteiger partial charge in [0.2, 0.25) is 0 Å². The highest BCUT2D eigenvalue weighted by Gasteiger charge is 2.47. The predicted molar refractivity (Wildman–Crippen MR) is 112 cm³/mol. The SMILES string of the molecule is Cc1ccc(SC[C@@H]2C[C@@](Cn3cncn3)(c3ccc(Cl)cc3)N(C)O2)cc1. The lowest BCUT2D eigenvalue weighted by atomic mass is 9.85. The molecule has 5 nitrogen and oxygen atoms in total. The van der Waals surface area contributed by atoms with E-state index in [1.165, 1.54) is 10.5 Å². The Balaban J connectivity index is 1.55. The maximum Gasteiger partial charge on any atom is 0.137 e. The first-order valence-corrected chi connectivity index (χ1v) is 10.6. The molecule has 1 saturated heterocycles. The Hall–Kier alpha value is -1.86. The van der Waals surface area contributed by atoms with Crippen LogP contribution in [0.4, 0.5) is 0 Å². The summed E-state index contributed by atoms with van der Waals surface area (Å²) >= 11 is 7.95. The van der Waals surface area contributed by atoms with Crippen LogP contribution in [0.15, 0.2) is 66.1 Å². The zero-order valence-corrected chi connectivity index (χ0v) is 17.5. The Kier molecular flexibility index (Phi) is 5.73. The fourth-order valence-corrected chi connectivity index (χ4v) is 4.69. The average Bonchev–Trinajstić information content (AvgIpc) is 3.31. The molecule has 0 spiro atoms. The topological polar surface area (TPSA) is 43.2 Å². The molecule has 28 heavy (non-hydrogen) atoms. The first kappa shape index (κ1) is 19.5. The van der Waals surface area contributed by atoms with Crippen LogP contribution in [0.2, 0.25) is 5.02 Å². The van der Waals surface area contributed by atoms with Crippen LogP contribution < -0.4 is 0 Å². The third kappa shape index (κ3) is 4.10. The molecule has 7 heteroatoms. The van der Waals surface area contributed by atoms with E-state index in [4.69, 9.17) is 16.4 Å². The summed E-state index contributed by atoms with van der Waals surface area (Å²) in [6, 6.07) is 16.6. The third-order valence-electron chi connectivity index (χ3n) is 5.20. The molecular weight excluding hydrogens is 392 g/mol. The van der Waals surface area contributed by atoms with Crippen LogP contribution in [0.25, 0.3) is 0 Å². The van der Waals surface area contributed by atoms with Crippen LogP contribution in [-0.2, 0) is 16.9 Å². The summed E-state index contributed by atoms with van der Waals surface area (Å²) in [7, 11) is 2.00. The molecule has 0 amide bonds. The van der Waals surface area contributed by atoms with Crippen molar-refractivity contribution in [2.45, 2.75) is 36.4 Å². The van der Waals surface area contributed by atoms with Gasteiger partial charge in [-0.15, -0.1) is 11.8 Å². The normalized spacial score (nSPS) is 22.6. The third-order valence-corrected chi connectivity index (χ3v) is 6.60. The molecule has 0 radical (unpaired) electrons. The van der Waals surface area contributed by atoms with E-state index < -0.39 is 0 Å². The van der Waals surface area contributed by atoms with Crippen molar-refractivity contribution >= 4 is 23.4 Å². The second-order valence-electron chi connectivity index (χ2n) is 7.18. The molecule has 1 aliphatic heterocycles. The number of likely N-dealkylation sites (N-methyl/N-ethyl adjacent to an activating group) is 1. The molecule has 2 aromatic carbocycles. The minimum Gasteiger partial charge on any atom is -0.294 e. The van der Waals surface area contributed by atoms with E-state index >= 15 is 0 Å². The van der Waals surface area contributed by atoms with Gasteiger partial charge in [-0.25, -0.2) is 4.98 Å². The number of aromatic nitrogens is 3. The number of aryl methyl sites for hydroxylation is 1. The Labute approximate surface area is 174 Å². The lowest BCUT2D eigenvalue weighted by Gasteiger charge is -2.34. The number of halogens is 1. The zero-order chi connectivity index (χ0) is 19.6. The Bertz CT molecular complexity index is 901. The summed E-state index contributed by atoms with van der Waals surface area (Å²) in [6.07, 6.45) is 4.29. The van der Waals surface area contributed by atoms with Gasteiger partial charge in [-0.2, -0.15) is 10.2 Å². The zero-order valence-electron chi connectivity index (χ0n) is 16.0. The largest absolute Gasteiger partial charge is 0.294 e. The van der Waals surface area contributed by atoms with E-state index in [1.54, 1.807) is 12.7 Å². The Morgan fingerprint density at radius 3 is 2.61 bits per heavy atom. The van der Waals surface area contributed by atoms with Crippen molar-refractivity contribution in [1.82, 2.24) is 19.8 Å². The molecular formula is C21H23ClN4OS. The van der Waals surface area contributed by atoms with Gasteiger partial charge in [-0.05, 0) is 36.8 Å². The van der Waals surface area contributed by atoms with Crippen LogP contribution in [-0.4, -0.2) is 38.7 Å². The summed E-state index contributed by atoms with van der Waals surface area (Å²) in [4.78, 5) is 11.6. The van der Waals surface area contributed by atoms with Crippen LogP contribution in [0.1, 0.15) is 17.5 Å². The molecule has 2 heterocycles. The second kappa shape index (κ2) is 8.25. The highest BCUT2D eigenvalue weighted by molar-refractivity contribution is 7.99. The van der Waals surface area contributed by atoms with Gasteiger partial charge in [0.15, 0.2) is 0 Å². The van der Waals surface area contributed by atoms with Gasteiger partial charge >= 0.3 is 0 Å². The van der Waals surface area contributed by atoms with E-state index in [-0.39, 0.29) is 11.6 Å². The van der Waals surface area contributed by atoms with E-state index in [1.807, 2.05) is 40.7 Å². The predicted octanol–water partition coefficient (Wildman–Crippen LogP) is 4.56. The van der Waals surface area contributed by atoms with Crippen LogP contribution in [0.5, 0.6) is 0 Å². The first-order chi connectivity index (χ1) is 13.5. The quantitative estimate of drug-likeness (QED) is 0.553. The number of hydroxylamine groups is 2. The van der Waals surface area contributed by atoms with E-state index in [2.05, 4.69) is 53.4 Å². The summed E-state index contributed by atoms with van der Waals surface area (Å²) in [6.45, 7) is 2.77. The molecule has 3 aromatic rings. The molecule has 2 atom stereocenters. The Morgan fingerprint density at radius 1 is 1.18 bits per heavy atom. The van der Waals surface area contributed by atoms with Crippen LogP contribution >= 0.6 is 23.4 Å². The highest BCUT2D eigenvalue weighted by atomic mass is 35.5. The molecule has 0 aliphatic carbocycles. The van der Waals surface area contributed by atoms with Gasteiger partial charge in [0.05, 0.1) is 18.2 Å². The molecule has 1 aliphatic rings. The van der Waals surface area contributed by atoms with Crippen molar-refractivity contribution in [2.24, 2.45) is 0 Å². The lowest BCUT2D eigenvalue weighted by Crippen LogP contribution is -2.41. The number of hydrogen-bond acceptors (Lipinski definition) is 5. The van der Waals surface area contributed by atoms with E-state index in [0.29, 0.717) is 6.54 Å². The van der Waals surface area contributed by atoms with Gasteiger partial charge in [0, 0.05) is 29.1 Å². The maximum atomic E-state index is 6.27. The van der Waals surface area contributed by atoms with Crippen molar-refractivity contribution < 1.29 is 4.84 Å². The molecule has 4 rings (SSSR count). The molecule has 146 valence electrons. The van der Waals surface area contributed by atoms with Gasteiger partial charge in [-0.1, -0.05) is 41.4 Å². The van der Waals surface area contributed by atoms with Crippen LogP contribution in [0, 0.1) is 6.92 Å². The molecule has 1 aromatic heterocycles. The maximum absolute atomic E-state index is 6.27. The van der Waals surface area contributed by atoms with Crippen molar-refractivity contribution in [1.29, 1.82) is 0 Å². The Morgan fingerprint density at radius 2 is 1.93 bits per heavy atom. The average molecular weight is 415 g/mol. The molecule has 0 saturated carbocycles. The minimum absolute atomic E-state index is 0.107. The first-order valence-electron chi connectivity index (χ1n) is 9.24. The highest BCUT2D eigenvalue weighted by Crippen LogP contribution is 2.42. The molecule has 1 fully saturated rings. The monoisotopic (exact) mass is 414 g/mol. The van der Waals surface area contributed by atoms with Gasteiger partial charge < -0.3 is 0 Å². The van der Waals surface area contributed by atoms with E-state index in [9.17, 15) is 0 Å². The number of rotatable bonds is 6. The fourth-order valence-electron chi connectivity index (χ4n) is 3.68. The van der Waals surface area contributed by atoms with Crippen molar-refractivity contribution in [3.05, 3.63) is 77.3 Å². The van der Waals surface area contributed by atoms with Crippen LogP contribution in [0.3, 0.4) is 0 Å². The summed E-state index contributed by atoms with van der Waals surface area (Å²) in [5.74, 6) is 0.889. The number of hydrogen-bond donors (Lipinski definition) is 0. The smallest absolute Gasteiger partial charge is 0.137 e. The second-order valence-corrected chi connectivity index (χ2v) is 8.71. The minimum atomic E-state index is -0.323. The summed E-state index contributed by atoms with van der Waals surface area (Å²) < 4.78 is 1.87.